The quantitative estimate of drug-likeness (QED) is 0.894. The first-order chi connectivity index (χ1) is 7.66. The van der Waals surface area contributed by atoms with Crippen molar-refractivity contribution >= 4 is 15.9 Å². The van der Waals surface area contributed by atoms with Gasteiger partial charge in [0.1, 0.15) is 5.82 Å². The minimum absolute atomic E-state index is 0.184. The van der Waals surface area contributed by atoms with Crippen LogP contribution in [0.5, 0.6) is 0 Å². The van der Waals surface area contributed by atoms with Crippen LogP contribution in [-0.2, 0) is 6.42 Å². The second-order valence-corrected chi connectivity index (χ2v) is 5.08. The van der Waals surface area contributed by atoms with Gasteiger partial charge in [0.2, 0.25) is 0 Å². The van der Waals surface area contributed by atoms with E-state index in [-0.39, 0.29) is 18.0 Å². The van der Waals surface area contributed by atoms with E-state index in [0.29, 0.717) is 10.9 Å². The van der Waals surface area contributed by atoms with E-state index in [1.807, 2.05) is 0 Å². The van der Waals surface area contributed by atoms with Gasteiger partial charge in [-0.15, -0.1) is 0 Å². The number of rotatable bonds is 3. The average molecular weight is 288 g/mol. The first-order valence-corrected chi connectivity index (χ1v) is 6.31. The molecule has 0 amide bonds. The highest BCUT2D eigenvalue weighted by Crippen LogP contribution is 2.19. The fraction of sp³-hybridized carbons (Fsp3) is 0.500. The molecule has 2 nitrogen and oxygen atoms in total. The first kappa shape index (κ1) is 12.0. The highest BCUT2D eigenvalue weighted by atomic mass is 79.9. The summed E-state index contributed by atoms with van der Waals surface area (Å²) in [5.74, 6) is -0.266. The molecule has 1 saturated heterocycles. The van der Waals surface area contributed by atoms with Crippen molar-refractivity contribution in [3.8, 4) is 0 Å². The molecule has 1 aliphatic rings. The van der Waals surface area contributed by atoms with E-state index in [0.717, 1.165) is 24.9 Å². The standard InChI is InChI=1S/C12H15BrFNO/c13-9-6-8(3-4-10(9)14)7-12(16)11-2-1-5-15-11/h3-4,6,11-12,15-16H,1-2,5,7H2. The second-order valence-electron chi connectivity index (χ2n) is 4.22. The van der Waals surface area contributed by atoms with Crippen LogP contribution < -0.4 is 5.32 Å². The van der Waals surface area contributed by atoms with Gasteiger partial charge < -0.3 is 10.4 Å². The van der Waals surface area contributed by atoms with Crippen molar-refractivity contribution in [1.29, 1.82) is 0 Å². The van der Waals surface area contributed by atoms with Gasteiger partial charge in [-0.1, -0.05) is 6.07 Å². The molecule has 1 aromatic carbocycles. The molecular weight excluding hydrogens is 273 g/mol. The van der Waals surface area contributed by atoms with E-state index >= 15 is 0 Å². The Morgan fingerprint density at radius 1 is 1.56 bits per heavy atom. The number of aliphatic hydroxyl groups is 1. The van der Waals surface area contributed by atoms with Crippen LogP contribution in [0.2, 0.25) is 0 Å². The summed E-state index contributed by atoms with van der Waals surface area (Å²) in [6, 6.07) is 5.06. The molecule has 0 radical (unpaired) electrons. The normalized spacial score (nSPS) is 22.3. The SMILES string of the molecule is OC(Cc1ccc(F)c(Br)c1)C1CCCN1. The van der Waals surface area contributed by atoms with Gasteiger partial charge in [-0.05, 0) is 59.4 Å². The monoisotopic (exact) mass is 287 g/mol. The van der Waals surface area contributed by atoms with Crippen molar-refractivity contribution in [2.45, 2.75) is 31.4 Å². The molecule has 0 aliphatic carbocycles. The minimum Gasteiger partial charge on any atom is -0.391 e. The Kier molecular flexibility index (Phi) is 3.95. The van der Waals surface area contributed by atoms with Crippen LogP contribution in [0, 0.1) is 5.82 Å². The smallest absolute Gasteiger partial charge is 0.137 e. The van der Waals surface area contributed by atoms with Crippen molar-refractivity contribution in [3.05, 3.63) is 34.1 Å². The molecule has 2 unspecified atom stereocenters. The minimum atomic E-state index is -0.389. The molecule has 0 bridgehead atoms. The summed E-state index contributed by atoms with van der Waals surface area (Å²) in [6.07, 6.45) is 2.31. The van der Waals surface area contributed by atoms with E-state index in [2.05, 4.69) is 21.2 Å². The average Bonchev–Trinajstić information content (AvgIpc) is 2.77. The predicted molar refractivity (Wildman–Crippen MR) is 64.8 cm³/mol. The third-order valence-corrected chi connectivity index (χ3v) is 3.60. The molecule has 2 rings (SSSR count). The Morgan fingerprint density at radius 3 is 3.00 bits per heavy atom. The zero-order valence-corrected chi connectivity index (χ0v) is 10.5. The Bertz CT molecular complexity index is 366. The maximum Gasteiger partial charge on any atom is 0.137 e. The molecule has 1 aliphatic heterocycles. The Labute approximate surface area is 103 Å². The molecule has 1 aromatic rings. The van der Waals surface area contributed by atoms with E-state index < -0.39 is 0 Å². The summed E-state index contributed by atoms with van der Waals surface area (Å²) < 4.78 is 13.5. The molecule has 16 heavy (non-hydrogen) atoms. The lowest BCUT2D eigenvalue weighted by Crippen LogP contribution is -2.36. The molecule has 2 atom stereocenters. The molecule has 0 spiro atoms. The van der Waals surface area contributed by atoms with Crippen molar-refractivity contribution in [3.63, 3.8) is 0 Å². The van der Waals surface area contributed by atoms with E-state index in [4.69, 9.17) is 0 Å². The van der Waals surface area contributed by atoms with E-state index in [1.165, 1.54) is 6.07 Å². The number of aliphatic hydroxyl groups excluding tert-OH is 1. The molecule has 0 aromatic heterocycles. The van der Waals surface area contributed by atoms with Gasteiger partial charge in [0, 0.05) is 6.04 Å². The third-order valence-electron chi connectivity index (χ3n) is 2.99. The van der Waals surface area contributed by atoms with Crippen molar-refractivity contribution in [2.75, 3.05) is 6.54 Å². The van der Waals surface area contributed by atoms with E-state index in [1.54, 1.807) is 12.1 Å². The van der Waals surface area contributed by atoms with Gasteiger partial charge in [-0.3, -0.25) is 0 Å². The largest absolute Gasteiger partial charge is 0.391 e. The maximum atomic E-state index is 13.0. The van der Waals surface area contributed by atoms with Gasteiger partial charge in [0.25, 0.3) is 0 Å². The van der Waals surface area contributed by atoms with Gasteiger partial charge >= 0.3 is 0 Å². The first-order valence-electron chi connectivity index (χ1n) is 5.52. The van der Waals surface area contributed by atoms with Gasteiger partial charge in [0.05, 0.1) is 10.6 Å². The molecule has 2 N–H and O–H groups in total. The van der Waals surface area contributed by atoms with Gasteiger partial charge in [-0.25, -0.2) is 4.39 Å². The third kappa shape index (κ3) is 2.81. The second kappa shape index (κ2) is 5.25. The van der Waals surface area contributed by atoms with Crippen LogP contribution >= 0.6 is 15.9 Å². The fourth-order valence-corrected chi connectivity index (χ4v) is 2.52. The van der Waals surface area contributed by atoms with Crippen LogP contribution in [0.4, 0.5) is 4.39 Å². The number of hydrogen-bond donors (Lipinski definition) is 2. The summed E-state index contributed by atoms with van der Waals surface area (Å²) >= 11 is 3.15. The van der Waals surface area contributed by atoms with Crippen LogP contribution in [-0.4, -0.2) is 23.8 Å². The van der Waals surface area contributed by atoms with E-state index in [9.17, 15) is 9.50 Å². The highest BCUT2D eigenvalue weighted by Gasteiger charge is 2.22. The molecular formula is C12H15BrFNO. The van der Waals surface area contributed by atoms with Crippen molar-refractivity contribution < 1.29 is 9.50 Å². The summed E-state index contributed by atoms with van der Waals surface area (Å²) in [5, 5.41) is 13.3. The van der Waals surface area contributed by atoms with Crippen LogP contribution in [0.3, 0.4) is 0 Å². The maximum absolute atomic E-state index is 13.0. The molecule has 0 saturated carbocycles. The molecule has 1 fully saturated rings. The highest BCUT2D eigenvalue weighted by molar-refractivity contribution is 9.10. The Morgan fingerprint density at radius 2 is 2.38 bits per heavy atom. The summed E-state index contributed by atoms with van der Waals surface area (Å²) in [7, 11) is 0. The molecule has 1 heterocycles. The van der Waals surface area contributed by atoms with Crippen LogP contribution in [0.1, 0.15) is 18.4 Å². The summed E-state index contributed by atoms with van der Waals surface area (Å²) in [6.45, 7) is 0.981. The lowest BCUT2D eigenvalue weighted by Gasteiger charge is -2.18. The number of benzene rings is 1. The number of hydrogen-bond acceptors (Lipinski definition) is 2. The summed E-state index contributed by atoms with van der Waals surface area (Å²) in [4.78, 5) is 0. The zero-order chi connectivity index (χ0) is 11.5. The van der Waals surface area contributed by atoms with Crippen LogP contribution in [0.15, 0.2) is 22.7 Å². The van der Waals surface area contributed by atoms with Gasteiger partial charge in [0.15, 0.2) is 0 Å². The Hall–Kier alpha value is -0.450. The van der Waals surface area contributed by atoms with Crippen molar-refractivity contribution in [2.24, 2.45) is 0 Å². The zero-order valence-electron chi connectivity index (χ0n) is 8.92. The van der Waals surface area contributed by atoms with Gasteiger partial charge in [-0.2, -0.15) is 0 Å². The lowest BCUT2D eigenvalue weighted by atomic mass is 10.0. The molecule has 4 heteroatoms. The molecule has 88 valence electrons. The topological polar surface area (TPSA) is 32.3 Å². The number of halogens is 2. The van der Waals surface area contributed by atoms with Crippen molar-refractivity contribution in [1.82, 2.24) is 5.32 Å². The Balaban J connectivity index is 1.99. The van der Waals surface area contributed by atoms with Crippen LogP contribution in [0.25, 0.3) is 0 Å². The predicted octanol–water partition coefficient (Wildman–Crippen LogP) is 2.24. The number of nitrogens with one attached hydrogen (secondary N) is 1. The summed E-state index contributed by atoms with van der Waals surface area (Å²) in [5.41, 5.74) is 0.953. The lowest BCUT2D eigenvalue weighted by molar-refractivity contribution is 0.136. The fourth-order valence-electron chi connectivity index (χ4n) is 2.09.